The van der Waals surface area contributed by atoms with E-state index >= 15 is 0 Å². The molecule has 0 rings (SSSR count). The summed E-state index contributed by atoms with van der Waals surface area (Å²) in [6, 6.07) is 0. The normalized spacial score (nSPS) is 14.8. The lowest BCUT2D eigenvalue weighted by Gasteiger charge is -1.95. The van der Waals surface area contributed by atoms with Gasteiger partial charge in [0.05, 0.1) is 7.85 Å². The summed E-state index contributed by atoms with van der Waals surface area (Å²) in [5, 5.41) is 0. The lowest BCUT2D eigenvalue weighted by atomic mass is 10.0. The Bertz CT molecular complexity index is 21.6. The zero-order valence-corrected chi connectivity index (χ0v) is 3.23. The van der Waals surface area contributed by atoms with Gasteiger partial charge in [0.1, 0.15) is 0 Å². The first-order valence-corrected chi connectivity index (χ1v) is 1.49. The molecule has 0 aliphatic heterocycles. The third-order valence-electron chi connectivity index (χ3n) is 0.263. The Kier molecular flexibility index (Phi) is 2.23. The number of rotatable bonds is 1. The van der Waals surface area contributed by atoms with Gasteiger partial charge in [-0.3, -0.25) is 11.3 Å². The Hall–Kier alpha value is -0.0151. The van der Waals surface area contributed by atoms with Crippen LogP contribution in [0.15, 0.2) is 0 Å². The Morgan fingerprint density at radius 3 is 2.20 bits per heavy atom. The molecular formula is C2H7BN2. The van der Waals surface area contributed by atoms with Crippen LogP contribution >= 0.6 is 0 Å². The summed E-state index contributed by atoms with van der Waals surface area (Å²) >= 11 is 0. The second-order valence-electron chi connectivity index (χ2n) is 0.955. The quantitative estimate of drug-likeness (QED) is 0.235. The van der Waals surface area contributed by atoms with Gasteiger partial charge in [-0.05, 0) is 5.94 Å². The van der Waals surface area contributed by atoms with E-state index in [4.69, 9.17) is 13.7 Å². The van der Waals surface area contributed by atoms with Crippen molar-refractivity contribution in [3.05, 3.63) is 0 Å². The average molecular weight is 69.9 g/mol. The molecule has 0 bridgehead atoms. The van der Waals surface area contributed by atoms with Crippen LogP contribution < -0.4 is 11.3 Å². The van der Waals surface area contributed by atoms with Gasteiger partial charge in [-0.25, -0.2) is 0 Å². The topological polar surface area (TPSA) is 38.0 Å². The number of hydrazine groups is 1. The Labute approximate surface area is 33.1 Å². The predicted octanol–water partition coefficient (Wildman–Crippen LogP) is -1.04. The molecule has 0 aromatic heterocycles. The SMILES string of the molecule is [B]C(C)NN. The maximum atomic E-state index is 5.06. The van der Waals surface area contributed by atoms with Crippen LogP contribution in [-0.4, -0.2) is 13.8 Å². The largest absolute Gasteiger partial charge is 0.272 e. The molecule has 5 heavy (non-hydrogen) atoms. The third kappa shape index (κ3) is 3.98. The zero-order chi connectivity index (χ0) is 4.28. The highest BCUT2D eigenvalue weighted by Gasteiger charge is 1.77. The molecule has 0 saturated heterocycles. The van der Waals surface area contributed by atoms with Crippen molar-refractivity contribution < 1.29 is 0 Å². The van der Waals surface area contributed by atoms with Gasteiger partial charge < -0.3 is 0 Å². The summed E-state index contributed by atoms with van der Waals surface area (Å²) < 4.78 is 0. The Morgan fingerprint density at radius 1 is 2.00 bits per heavy atom. The first-order chi connectivity index (χ1) is 2.27. The summed E-state index contributed by atoms with van der Waals surface area (Å²) in [5.41, 5.74) is 2.31. The molecule has 0 spiro atoms. The van der Waals surface area contributed by atoms with Crippen molar-refractivity contribution in [3.63, 3.8) is 0 Å². The summed E-state index contributed by atoms with van der Waals surface area (Å²) in [6.45, 7) is 1.76. The van der Waals surface area contributed by atoms with Gasteiger partial charge in [-0.1, -0.05) is 6.92 Å². The van der Waals surface area contributed by atoms with Crippen molar-refractivity contribution in [2.75, 3.05) is 0 Å². The summed E-state index contributed by atoms with van der Waals surface area (Å²) in [5.74, 6) is 4.71. The lowest BCUT2D eigenvalue weighted by Crippen LogP contribution is -2.32. The van der Waals surface area contributed by atoms with Crippen LogP contribution in [0.2, 0.25) is 0 Å². The standard InChI is InChI=1S/C2H7BN2/c1-2(3)5-4/h2,5H,4H2,1H3. The third-order valence-corrected chi connectivity index (χ3v) is 0.263. The van der Waals surface area contributed by atoms with Gasteiger partial charge in [0.2, 0.25) is 0 Å². The molecule has 28 valence electrons. The maximum absolute atomic E-state index is 5.06. The van der Waals surface area contributed by atoms with E-state index in [1.54, 1.807) is 6.92 Å². The lowest BCUT2D eigenvalue weighted by molar-refractivity contribution is 0.723. The zero-order valence-electron chi connectivity index (χ0n) is 3.23. The van der Waals surface area contributed by atoms with E-state index in [9.17, 15) is 0 Å². The second kappa shape index (κ2) is 2.24. The van der Waals surface area contributed by atoms with E-state index < -0.39 is 0 Å². The minimum atomic E-state index is -0.0880. The van der Waals surface area contributed by atoms with Crippen LogP contribution in [0.25, 0.3) is 0 Å². The molecule has 2 radical (unpaired) electrons. The molecule has 0 aromatic carbocycles. The van der Waals surface area contributed by atoms with Crippen LogP contribution in [0.1, 0.15) is 6.92 Å². The van der Waals surface area contributed by atoms with Gasteiger partial charge in [0, 0.05) is 0 Å². The van der Waals surface area contributed by atoms with Crippen molar-refractivity contribution in [2.24, 2.45) is 5.84 Å². The van der Waals surface area contributed by atoms with Crippen molar-refractivity contribution in [2.45, 2.75) is 12.9 Å². The molecule has 0 aromatic rings. The van der Waals surface area contributed by atoms with Gasteiger partial charge in [-0.2, -0.15) is 0 Å². The van der Waals surface area contributed by atoms with E-state index in [1.165, 1.54) is 0 Å². The molecule has 2 nitrogen and oxygen atoms in total. The molecule has 1 unspecified atom stereocenters. The average Bonchev–Trinajstić information content (AvgIpc) is 1.38. The summed E-state index contributed by atoms with van der Waals surface area (Å²) in [4.78, 5) is 0. The summed E-state index contributed by atoms with van der Waals surface area (Å²) in [6.07, 6.45) is 0. The smallest absolute Gasteiger partial charge is 0.0922 e. The van der Waals surface area contributed by atoms with Gasteiger partial charge in [0.25, 0.3) is 0 Å². The minimum absolute atomic E-state index is 0.0880. The molecule has 0 aliphatic rings. The van der Waals surface area contributed by atoms with Crippen LogP contribution in [0.4, 0.5) is 0 Å². The van der Waals surface area contributed by atoms with Crippen LogP contribution in [0.5, 0.6) is 0 Å². The van der Waals surface area contributed by atoms with Crippen LogP contribution in [-0.2, 0) is 0 Å². The molecule has 3 N–H and O–H groups in total. The minimum Gasteiger partial charge on any atom is -0.272 e. The summed E-state index contributed by atoms with van der Waals surface area (Å²) in [7, 11) is 5.06. The molecule has 3 heteroatoms. The maximum Gasteiger partial charge on any atom is 0.0922 e. The number of hydrogen-bond donors (Lipinski definition) is 2. The predicted molar refractivity (Wildman–Crippen MR) is 22.5 cm³/mol. The van der Waals surface area contributed by atoms with E-state index in [0.29, 0.717) is 0 Å². The van der Waals surface area contributed by atoms with Gasteiger partial charge in [0.15, 0.2) is 0 Å². The Morgan fingerprint density at radius 2 is 2.20 bits per heavy atom. The van der Waals surface area contributed by atoms with E-state index in [2.05, 4.69) is 5.43 Å². The molecule has 1 atom stereocenters. The molecule has 0 fully saturated rings. The first kappa shape index (κ1) is 4.98. The fourth-order valence-corrected chi connectivity index (χ4v) is 0. The number of hydrogen-bond acceptors (Lipinski definition) is 2. The first-order valence-electron chi connectivity index (χ1n) is 1.49. The van der Waals surface area contributed by atoms with Crippen molar-refractivity contribution >= 4 is 7.85 Å². The number of nitrogens with two attached hydrogens (primary N) is 1. The highest BCUT2D eigenvalue weighted by Crippen LogP contribution is 1.56. The molecule has 0 aliphatic carbocycles. The van der Waals surface area contributed by atoms with Crippen molar-refractivity contribution in [1.29, 1.82) is 0 Å². The van der Waals surface area contributed by atoms with E-state index in [1.807, 2.05) is 0 Å². The van der Waals surface area contributed by atoms with Crippen LogP contribution in [0.3, 0.4) is 0 Å². The van der Waals surface area contributed by atoms with Gasteiger partial charge >= 0.3 is 0 Å². The molecule has 0 amide bonds. The highest BCUT2D eigenvalue weighted by molar-refractivity contribution is 6.11. The van der Waals surface area contributed by atoms with E-state index in [0.717, 1.165) is 0 Å². The van der Waals surface area contributed by atoms with Gasteiger partial charge in [-0.15, -0.1) is 0 Å². The molecule has 0 heterocycles. The molecular weight excluding hydrogens is 62.8 g/mol. The fraction of sp³-hybridized carbons (Fsp3) is 1.00. The number of nitrogens with one attached hydrogen (secondary N) is 1. The van der Waals surface area contributed by atoms with E-state index in [-0.39, 0.29) is 5.94 Å². The Balaban J connectivity index is 2.54. The second-order valence-corrected chi connectivity index (χ2v) is 0.955. The molecule has 0 saturated carbocycles. The highest BCUT2D eigenvalue weighted by atomic mass is 15.2. The monoisotopic (exact) mass is 70.1 g/mol. The van der Waals surface area contributed by atoms with Crippen molar-refractivity contribution in [3.8, 4) is 0 Å². The fourth-order valence-electron chi connectivity index (χ4n) is 0. The van der Waals surface area contributed by atoms with Crippen molar-refractivity contribution in [1.82, 2.24) is 5.43 Å². The van der Waals surface area contributed by atoms with Crippen LogP contribution in [0, 0.1) is 0 Å².